The van der Waals surface area contributed by atoms with E-state index in [1.54, 1.807) is 0 Å². The fourth-order valence-electron chi connectivity index (χ4n) is 4.78. The Kier molecular flexibility index (Phi) is 12.8. The van der Waals surface area contributed by atoms with Gasteiger partial charge in [-0.3, -0.25) is 13.6 Å². The molecule has 9 N–H and O–H groups in total. The lowest BCUT2D eigenvalue weighted by molar-refractivity contribution is -0.169. The average Bonchev–Trinajstić information content (AvgIpc) is 3.62. The molecule has 4 rings (SSSR count). The molecule has 0 spiro atoms. The number of nitrogens with zero attached hydrogens (tertiary/aromatic N) is 4. The van der Waals surface area contributed by atoms with Crippen LogP contribution in [0, 0.1) is 0 Å². The number of phosphoric acid groups is 2. The minimum absolute atomic E-state index is 0.0619. The van der Waals surface area contributed by atoms with Crippen LogP contribution in [0.2, 0.25) is 0 Å². The molecule has 2 fully saturated rings. The van der Waals surface area contributed by atoms with Crippen molar-refractivity contribution in [2.45, 2.75) is 87.7 Å². The highest BCUT2D eigenvalue weighted by molar-refractivity contribution is 7.61. The van der Waals surface area contributed by atoms with Crippen molar-refractivity contribution in [3.05, 3.63) is 12.7 Å². The first kappa shape index (κ1) is 36.1. The highest BCUT2D eigenvalue weighted by Gasteiger charge is 2.47. The summed E-state index contributed by atoms with van der Waals surface area (Å²) in [5, 5.41) is 50.1. The molecule has 0 bridgehead atoms. The first-order valence-corrected chi connectivity index (χ1v) is 17.2. The number of nitrogen functional groups attached to an aromatic ring is 1. The lowest BCUT2D eigenvalue weighted by atomic mass is 10.1. The molecule has 10 atom stereocenters. The molecule has 0 radical (unpaired) electrons. The van der Waals surface area contributed by atoms with Gasteiger partial charge in [0.2, 0.25) is 0 Å². The highest BCUT2D eigenvalue weighted by atomic mass is 31.3. The van der Waals surface area contributed by atoms with E-state index >= 15 is 0 Å². The van der Waals surface area contributed by atoms with Crippen LogP contribution in [0.15, 0.2) is 12.7 Å². The summed E-state index contributed by atoms with van der Waals surface area (Å²) in [5.41, 5.74) is 6.14. The lowest BCUT2D eigenvalue weighted by Gasteiger charge is -2.20. The molecule has 2 aromatic heterocycles. The largest absolute Gasteiger partial charge is 0.481 e. The van der Waals surface area contributed by atoms with Crippen LogP contribution >= 0.6 is 15.6 Å². The van der Waals surface area contributed by atoms with Gasteiger partial charge in [-0.25, -0.2) is 24.1 Å². The molecule has 4 heterocycles. The molecule has 2 unspecified atom stereocenters. The zero-order chi connectivity index (χ0) is 32.8. The standard InChI is InChI=1S/C23H39N5O15P2/c24-20-15-21(26-11-25-20)28(12-27-15)22-18(32)16(30)13(41-22)9-39-44(34,35)43-45(36,37)40-10-14-17(31)19(33)23(42-14)38-8-6-4-2-1-3-5-7-29/h11-14,16-19,22-23,29-33H,1-10H2,(H,34,35)(H,36,37)(H2,24,25,26)/t13-,14-,16-,17-,18-,19-,22-,23-/m1/s1. The van der Waals surface area contributed by atoms with Crippen molar-refractivity contribution in [2.75, 3.05) is 32.2 Å². The molecule has 22 heteroatoms. The number of aliphatic hydroxyl groups is 5. The van der Waals surface area contributed by atoms with Gasteiger partial charge in [-0.2, -0.15) is 4.31 Å². The number of aromatic nitrogens is 4. The van der Waals surface area contributed by atoms with Crippen LogP contribution in [0.5, 0.6) is 0 Å². The van der Waals surface area contributed by atoms with Crippen LogP contribution in [-0.2, 0) is 36.7 Å². The summed E-state index contributed by atoms with van der Waals surface area (Å²) in [4.78, 5) is 31.9. The Balaban J connectivity index is 1.21. The molecule has 0 amide bonds. The molecule has 0 saturated carbocycles. The van der Waals surface area contributed by atoms with E-state index in [0.717, 1.165) is 38.4 Å². The molecular weight excluding hydrogens is 648 g/mol. The maximum atomic E-state index is 12.4. The fraction of sp³-hybridized carbons (Fsp3) is 0.783. The van der Waals surface area contributed by atoms with Crippen LogP contribution < -0.4 is 5.73 Å². The third-order valence-electron chi connectivity index (χ3n) is 7.16. The van der Waals surface area contributed by atoms with E-state index < -0.39 is 78.0 Å². The molecule has 256 valence electrons. The van der Waals surface area contributed by atoms with Gasteiger partial charge in [-0.05, 0) is 12.8 Å². The Bertz CT molecular complexity index is 1340. The van der Waals surface area contributed by atoms with E-state index in [2.05, 4.69) is 23.8 Å². The topological polar surface area (TPSA) is 301 Å². The van der Waals surface area contributed by atoms with Crippen molar-refractivity contribution in [3.63, 3.8) is 0 Å². The zero-order valence-corrected chi connectivity index (χ0v) is 25.8. The number of hydrogen-bond donors (Lipinski definition) is 8. The summed E-state index contributed by atoms with van der Waals surface area (Å²) >= 11 is 0. The number of aliphatic hydroxyl groups excluding tert-OH is 5. The smallest absolute Gasteiger partial charge is 0.396 e. The summed E-state index contributed by atoms with van der Waals surface area (Å²) in [6.07, 6.45) is -4.04. The highest BCUT2D eigenvalue weighted by Crippen LogP contribution is 2.60. The summed E-state index contributed by atoms with van der Waals surface area (Å²) in [6, 6.07) is 0. The number of fused-ring (bicyclic) bond motifs is 1. The van der Waals surface area contributed by atoms with Crippen molar-refractivity contribution < 1.29 is 72.0 Å². The minimum Gasteiger partial charge on any atom is -0.396 e. The monoisotopic (exact) mass is 687 g/mol. The second-order valence-corrected chi connectivity index (χ2v) is 13.5. The number of nitrogens with two attached hydrogens (primary N) is 1. The van der Waals surface area contributed by atoms with Gasteiger partial charge < -0.3 is 55.3 Å². The second kappa shape index (κ2) is 15.9. The quantitative estimate of drug-likeness (QED) is 0.0693. The average molecular weight is 688 g/mol. The molecule has 2 aromatic rings. The van der Waals surface area contributed by atoms with Gasteiger partial charge >= 0.3 is 15.6 Å². The molecule has 0 aliphatic carbocycles. The second-order valence-electron chi connectivity index (χ2n) is 10.5. The van der Waals surface area contributed by atoms with Gasteiger partial charge in [0.05, 0.1) is 19.5 Å². The maximum absolute atomic E-state index is 12.4. The first-order valence-electron chi connectivity index (χ1n) is 14.2. The fourth-order valence-corrected chi connectivity index (χ4v) is 6.87. The van der Waals surface area contributed by atoms with Crippen molar-refractivity contribution in [1.82, 2.24) is 19.5 Å². The van der Waals surface area contributed by atoms with Crippen LogP contribution in [0.1, 0.15) is 44.8 Å². The third kappa shape index (κ3) is 9.44. The number of phosphoric ester groups is 2. The Morgan fingerprint density at radius 1 is 0.822 bits per heavy atom. The number of rotatable bonds is 18. The minimum atomic E-state index is -5.33. The number of ether oxygens (including phenoxy) is 3. The summed E-state index contributed by atoms with van der Waals surface area (Å²) in [7, 11) is -10.6. The van der Waals surface area contributed by atoms with E-state index in [-0.39, 0.29) is 30.2 Å². The molecule has 45 heavy (non-hydrogen) atoms. The van der Waals surface area contributed by atoms with Crippen molar-refractivity contribution in [1.29, 1.82) is 0 Å². The van der Waals surface area contributed by atoms with E-state index in [0.29, 0.717) is 6.42 Å². The zero-order valence-electron chi connectivity index (χ0n) is 24.0. The first-order chi connectivity index (χ1) is 21.3. The van der Waals surface area contributed by atoms with Crippen LogP contribution in [0.3, 0.4) is 0 Å². The van der Waals surface area contributed by atoms with Crippen molar-refractivity contribution in [3.8, 4) is 0 Å². The van der Waals surface area contributed by atoms with E-state index in [4.69, 9.17) is 29.6 Å². The molecular formula is C23H39N5O15P2. The maximum Gasteiger partial charge on any atom is 0.481 e. The van der Waals surface area contributed by atoms with Gasteiger partial charge in [0.1, 0.15) is 48.5 Å². The van der Waals surface area contributed by atoms with Gasteiger partial charge in [-0.15, -0.1) is 0 Å². The Morgan fingerprint density at radius 3 is 2.09 bits per heavy atom. The van der Waals surface area contributed by atoms with Crippen LogP contribution in [0.4, 0.5) is 5.82 Å². The number of anilines is 1. The summed E-state index contributed by atoms with van der Waals surface area (Å²) in [5.74, 6) is 0.0619. The molecule has 20 nitrogen and oxygen atoms in total. The summed E-state index contributed by atoms with van der Waals surface area (Å²) in [6.45, 7) is -1.33. The predicted octanol–water partition coefficient (Wildman–Crippen LogP) is -0.925. The van der Waals surface area contributed by atoms with Crippen molar-refractivity contribution in [2.24, 2.45) is 0 Å². The Hall–Kier alpha value is -1.71. The SMILES string of the molecule is Nc1ncnc2c1ncn2[C@@H]1O[C@H](COP(=O)(O)OP(=O)(O)OC[C@H]2O[C@@H](OCCCCCCCCO)[C@H](O)[C@@H]2O)[C@@H](O)[C@H]1O. The summed E-state index contributed by atoms with van der Waals surface area (Å²) < 4.78 is 56.1. The van der Waals surface area contributed by atoms with Gasteiger partial charge in [0, 0.05) is 13.2 Å². The number of unbranched alkanes of at least 4 members (excludes halogenated alkanes) is 5. The third-order valence-corrected chi connectivity index (χ3v) is 9.76. The van der Waals surface area contributed by atoms with E-state index in [9.17, 15) is 39.3 Å². The molecule has 2 aliphatic rings. The van der Waals surface area contributed by atoms with Gasteiger partial charge in [0.25, 0.3) is 0 Å². The Labute approximate surface area is 256 Å². The lowest BCUT2D eigenvalue weighted by Crippen LogP contribution is -2.35. The van der Waals surface area contributed by atoms with Gasteiger partial charge in [0.15, 0.2) is 24.0 Å². The van der Waals surface area contributed by atoms with Crippen molar-refractivity contribution >= 4 is 32.6 Å². The normalized spacial score (nSPS) is 31.4. The number of imidazole rings is 1. The van der Waals surface area contributed by atoms with E-state index in [1.165, 1.54) is 10.9 Å². The molecule has 0 aromatic carbocycles. The molecule has 2 saturated heterocycles. The van der Waals surface area contributed by atoms with Crippen LogP contribution in [0.25, 0.3) is 11.2 Å². The molecule has 2 aliphatic heterocycles. The Morgan fingerprint density at radius 2 is 1.42 bits per heavy atom. The van der Waals surface area contributed by atoms with E-state index in [1.807, 2.05) is 0 Å². The van der Waals surface area contributed by atoms with Gasteiger partial charge in [-0.1, -0.05) is 25.7 Å². The predicted molar refractivity (Wildman–Crippen MR) is 150 cm³/mol. The van der Waals surface area contributed by atoms with Crippen LogP contribution in [-0.4, -0.2) is 124 Å². The number of hydrogen-bond acceptors (Lipinski definition) is 17.